The van der Waals surface area contributed by atoms with Crippen LogP contribution in [0.25, 0.3) is 0 Å². The van der Waals surface area contributed by atoms with Crippen LogP contribution in [0.5, 0.6) is 0 Å². The Morgan fingerprint density at radius 3 is 2.89 bits per heavy atom. The molecule has 102 valence electrons. The van der Waals surface area contributed by atoms with Crippen molar-refractivity contribution in [3.63, 3.8) is 0 Å². The molecule has 2 heterocycles. The van der Waals surface area contributed by atoms with Gasteiger partial charge < -0.3 is 10.2 Å². The third-order valence-corrected chi connectivity index (χ3v) is 3.95. The maximum absolute atomic E-state index is 12.4. The predicted molar refractivity (Wildman–Crippen MR) is 73.5 cm³/mol. The van der Waals surface area contributed by atoms with Gasteiger partial charge in [0.15, 0.2) is 0 Å². The Morgan fingerprint density at radius 2 is 2.26 bits per heavy atom. The molecular weight excluding hydrogens is 238 g/mol. The van der Waals surface area contributed by atoms with Crippen molar-refractivity contribution in [1.29, 1.82) is 0 Å². The number of hydrogen-bond acceptors (Lipinski definition) is 3. The van der Waals surface area contributed by atoms with Crippen LogP contribution in [-0.4, -0.2) is 34.4 Å². The molecule has 19 heavy (non-hydrogen) atoms. The Labute approximate surface area is 114 Å². The zero-order valence-corrected chi connectivity index (χ0v) is 11.2. The molecule has 2 fully saturated rings. The molecule has 0 radical (unpaired) electrons. The molecule has 1 atom stereocenters. The largest absolute Gasteiger partial charge is 0.334 e. The monoisotopic (exact) mass is 259 g/mol. The highest BCUT2D eigenvalue weighted by Gasteiger charge is 2.33. The smallest absolute Gasteiger partial charge is 0.224 e. The second-order valence-corrected chi connectivity index (χ2v) is 5.57. The molecule has 0 bridgehead atoms. The van der Waals surface area contributed by atoms with E-state index in [0.29, 0.717) is 25.0 Å². The summed E-state index contributed by atoms with van der Waals surface area (Å²) in [6.07, 6.45) is 7.07. The first-order chi connectivity index (χ1) is 9.33. The Balaban J connectivity index is 1.61. The van der Waals surface area contributed by atoms with Crippen LogP contribution >= 0.6 is 0 Å². The maximum Gasteiger partial charge on any atom is 0.224 e. The molecule has 1 amide bonds. The molecule has 3 rings (SSSR count). The van der Waals surface area contributed by atoms with Crippen LogP contribution in [0, 0.1) is 0 Å². The molecule has 1 N–H and O–H groups in total. The van der Waals surface area contributed by atoms with E-state index in [0.717, 1.165) is 31.5 Å². The molecular formula is C15H21N3O. The maximum atomic E-state index is 12.4. The molecule has 0 aromatic carbocycles. The van der Waals surface area contributed by atoms with E-state index in [1.165, 1.54) is 6.42 Å². The lowest BCUT2D eigenvalue weighted by molar-refractivity contribution is -0.132. The first-order valence-corrected chi connectivity index (χ1v) is 7.25. The van der Waals surface area contributed by atoms with Crippen LogP contribution in [0.1, 0.15) is 37.8 Å². The van der Waals surface area contributed by atoms with Crippen LogP contribution in [0.3, 0.4) is 0 Å². The summed E-state index contributed by atoms with van der Waals surface area (Å²) in [4.78, 5) is 18.8. The molecule has 4 nitrogen and oxygen atoms in total. The van der Waals surface area contributed by atoms with Gasteiger partial charge in [-0.2, -0.15) is 0 Å². The average molecular weight is 259 g/mol. The van der Waals surface area contributed by atoms with Gasteiger partial charge in [-0.05, 0) is 44.4 Å². The van der Waals surface area contributed by atoms with E-state index in [4.69, 9.17) is 0 Å². The normalized spacial score (nSPS) is 22.4. The van der Waals surface area contributed by atoms with Gasteiger partial charge in [0.25, 0.3) is 0 Å². The van der Waals surface area contributed by atoms with Gasteiger partial charge in [-0.15, -0.1) is 0 Å². The van der Waals surface area contributed by atoms with Crippen LogP contribution in [-0.2, 0) is 11.3 Å². The van der Waals surface area contributed by atoms with E-state index in [-0.39, 0.29) is 5.91 Å². The Kier molecular flexibility index (Phi) is 3.78. The number of aromatic nitrogens is 1. The number of hydrogen-bond donors (Lipinski definition) is 1. The number of amides is 1. The Morgan fingerprint density at radius 1 is 1.37 bits per heavy atom. The second kappa shape index (κ2) is 5.70. The van der Waals surface area contributed by atoms with Crippen LogP contribution < -0.4 is 5.32 Å². The van der Waals surface area contributed by atoms with Gasteiger partial charge >= 0.3 is 0 Å². The molecule has 1 aromatic heterocycles. The van der Waals surface area contributed by atoms with Gasteiger partial charge in [0.05, 0.1) is 12.2 Å². The summed E-state index contributed by atoms with van der Waals surface area (Å²) in [6.45, 7) is 1.72. The van der Waals surface area contributed by atoms with Gasteiger partial charge in [0.1, 0.15) is 0 Å². The van der Waals surface area contributed by atoms with Crippen molar-refractivity contribution in [2.45, 2.75) is 50.7 Å². The fraction of sp³-hybridized carbons (Fsp3) is 0.600. The molecule has 0 spiro atoms. The molecule has 1 saturated heterocycles. The van der Waals surface area contributed by atoms with E-state index in [1.54, 1.807) is 6.20 Å². The first kappa shape index (κ1) is 12.6. The summed E-state index contributed by atoms with van der Waals surface area (Å²) in [5, 5.41) is 3.40. The van der Waals surface area contributed by atoms with Gasteiger partial charge in [0.2, 0.25) is 5.91 Å². The first-order valence-electron chi connectivity index (χ1n) is 7.25. The van der Waals surface area contributed by atoms with Crippen LogP contribution in [0.2, 0.25) is 0 Å². The molecule has 1 unspecified atom stereocenters. The zero-order chi connectivity index (χ0) is 13.1. The second-order valence-electron chi connectivity index (χ2n) is 5.57. The lowest BCUT2D eigenvalue weighted by atomic mass is 10.1. The predicted octanol–water partition coefficient (Wildman–Crippen LogP) is 1.71. The summed E-state index contributed by atoms with van der Waals surface area (Å²) in [5.41, 5.74) is 0.988. The van der Waals surface area contributed by atoms with E-state index in [1.807, 2.05) is 23.1 Å². The third kappa shape index (κ3) is 3.32. The van der Waals surface area contributed by atoms with Gasteiger partial charge in [-0.25, -0.2) is 0 Å². The van der Waals surface area contributed by atoms with E-state index >= 15 is 0 Å². The summed E-state index contributed by atoms with van der Waals surface area (Å²) in [7, 11) is 0. The minimum absolute atomic E-state index is 0.285. The third-order valence-electron chi connectivity index (χ3n) is 3.95. The van der Waals surface area contributed by atoms with Crippen molar-refractivity contribution < 1.29 is 4.79 Å². The van der Waals surface area contributed by atoms with E-state index in [9.17, 15) is 4.79 Å². The number of carbonyl (C=O) groups excluding carboxylic acids is 1. The molecule has 2 aliphatic rings. The van der Waals surface area contributed by atoms with Gasteiger partial charge in [-0.3, -0.25) is 9.78 Å². The Bertz CT molecular complexity index is 424. The molecule has 1 aliphatic carbocycles. The summed E-state index contributed by atoms with van der Waals surface area (Å²) in [5.74, 6) is 0.285. The number of nitrogens with one attached hydrogen (secondary N) is 1. The average Bonchev–Trinajstić information content (AvgIpc) is 3.15. The van der Waals surface area contributed by atoms with Gasteiger partial charge in [0, 0.05) is 24.7 Å². The van der Waals surface area contributed by atoms with Crippen molar-refractivity contribution in [3.8, 4) is 0 Å². The van der Waals surface area contributed by atoms with Crippen LogP contribution in [0.4, 0.5) is 0 Å². The van der Waals surface area contributed by atoms with E-state index in [2.05, 4.69) is 10.3 Å². The fourth-order valence-electron chi connectivity index (χ4n) is 2.73. The summed E-state index contributed by atoms with van der Waals surface area (Å²) >= 11 is 0. The topological polar surface area (TPSA) is 45.2 Å². The number of pyridine rings is 1. The fourth-order valence-corrected chi connectivity index (χ4v) is 2.73. The molecule has 1 saturated carbocycles. The van der Waals surface area contributed by atoms with Crippen molar-refractivity contribution in [3.05, 3.63) is 30.1 Å². The SMILES string of the molecule is O=C(CC1CCCN1)N(Cc1ccccn1)C1CC1. The van der Waals surface area contributed by atoms with Crippen molar-refractivity contribution >= 4 is 5.91 Å². The quantitative estimate of drug-likeness (QED) is 0.875. The standard InChI is InChI=1S/C15H21N3O/c19-15(10-12-5-3-9-16-12)18(14-6-7-14)11-13-4-1-2-8-17-13/h1-2,4,8,12,14,16H,3,5-7,9-11H2. The van der Waals surface area contributed by atoms with Crippen LogP contribution in [0.15, 0.2) is 24.4 Å². The highest BCUT2D eigenvalue weighted by Crippen LogP contribution is 2.29. The number of carbonyl (C=O) groups is 1. The van der Waals surface area contributed by atoms with Crippen molar-refractivity contribution in [1.82, 2.24) is 15.2 Å². The molecule has 1 aromatic rings. The number of rotatable bonds is 5. The highest BCUT2D eigenvalue weighted by molar-refractivity contribution is 5.77. The van der Waals surface area contributed by atoms with E-state index < -0.39 is 0 Å². The summed E-state index contributed by atoms with van der Waals surface area (Å²) in [6, 6.07) is 6.73. The molecule has 4 heteroatoms. The Hall–Kier alpha value is -1.42. The van der Waals surface area contributed by atoms with Gasteiger partial charge in [-0.1, -0.05) is 6.07 Å². The van der Waals surface area contributed by atoms with Crippen molar-refractivity contribution in [2.24, 2.45) is 0 Å². The summed E-state index contributed by atoms with van der Waals surface area (Å²) < 4.78 is 0. The number of nitrogens with zero attached hydrogens (tertiary/aromatic N) is 2. The highest BCUT2D eigenvalue weighted by atomic mass is 16.2. The lowest BCUT2D eigenvalue weighted by Gasteiger charge is -2.23. The lowest BCUT2D eigenvalue weighted by Crippen LogP contribution is -2.37. The van der Waals surface area contributed by atoms with Crippen molar-refractivity contribution in [2.75, 3.05) is 6.54 Å². The minimum atomic E-state index is 0.285. The zero-order valence-electron chi connectivity index (χ0n) is 11.2. The molecule has 1 aliphatic heterocycles. The minimum Gasteiger partial charge on any atom is -0.334 e.